The van der Waals surface area contributed by atoms with Gasteiger partial charge in [0, 0.05) is 6.54 Å². The van der Waals surface area contributed by atoms with Gasteiger partial charge in [0.1, 0.15) is 12.3 Å². The molecule has 10 heteroatoms. The summed E-state index contributed by atoms with van der Waals surface area (Å²) in [4.78, 5) is 25.1. The lowest BCUT2D eigenvalue weighted by Gasteiger charge is -2.24. The summed E-state index contributed by atoms with van der Waals surface area (Å²) in [5.74, 6) is -0.0711. The zero-order valence-corrected chi connectivity index (χ0v) is 25.8. The van der Waals surface area contributed by atoms with Gasteiger partial charge in [-0.1, -0.05) is 74.0 Å². The van der Waals surface area contributed by atoms with Gasteiger partial charge in [0.05, 0.1) is 16.8 Å². The number of nitrogens with zero attached hydrogens (tertiary/aromatic N) is 2. The fourth-order valence-electron chi connectivity index (χ4n) is 4.17. The van der Waals surface area contributed by atoms with Crippen LogP contribution < -0.4 is 19.8 Å². The van der Waals surface area contributed by atoms with Gasteiger partial charge in [0.15, 0.2) is 6.61 Å². The molecular weight excluding hydrogens is 576 g/mol. The van der Waals surface area contributed by atoms with Crippen LogP contribution in [0.3, 0.4) is 0 Å². The fourth-order valence-corrected chi connectivity index (χ4v) is 5.59. The molecule has 9 nitrogen and oxygen atoms in total. The Bertz CT molecular complexity index is 1670. The Morgan fingerprint density at radius 3 is 2.16 bits per heavy atom. The second-order valence-corrected chi connectivity index (χ2v) is 12.3. The van der Waals surface area contributed by atoms with Gasteiger partial charge in [0.25, 0.3) is 21.8 Å². The van der Waals surface area contributed by atoms with Crippen LogP contribution in [0, 0.1) is 6.92 Å². The van der Waals surface area contributed by atoms with E-state index in [4.69, 9.17) is 4.74 Å². The number of aryl methyl sites for hydroxylation is 1. The number of ether oxygens (including phenoxy) is 1. The van der Waals surface area contributed by atoms with Crippen LogP contribution in [0.2, 0.25) is 0 Å². The first kappa shape index (κ1) is 32.0. The third-order valence-corrected chi connectivity index (χ3v) is 8.52. The van der Waals surface area contributed by atoms with Crippen molar-refractivity contribution in [1.82, 2.24) is 10.7 Å². The Kier molecular flexibility index (Phi) is 10.9. The molecule has 228 valence electrons. The van der Waals surface area contributed by atoms with E-state index in [1.165, 1.54) is 18.3 Å². The quantitative estimate of drug-likeness (QED) is 0.160. The monoisotopic (exact) mass is 612 g/mol. The summed E-state index contributed by atoms with van der Waals surface area (Å²) in [6, 6.07) is 30.0. The van der Waals surface area contributed by atoms with E-state index >= 15 is 0 Å². The van der Waals surface area contributed by atoms with Crippen molar-refractivity contribution in [3.8, 4) is 5.75 Å². The van der Waals surface area contributed by atoms with Crippen LogP contribution in [0.1, 0.15) is 42.0 Å². The van der Waals surface area contributed by atoms with E-state index in [9.17, 15) is 18.0 Å². The number of sulfonamides is 1. The number of carbonyl (C=O) groups excluding carboxylic acids is 2. The summed E-state index contributed by atoms with van der Waals surface area (Å²) in [6.07, 6.45) is 1.44. The lowest BCUT2D eigenvalue weighted by Crippen LogP contribution is -2.39. The van der Waals surface area contributed by atoms with Gasteiger partial charge in [-0.25, -0.2) is 13.8 Å². The molecular formula is C34H36N4O5S. The van der Waals surface area contributed by atoms with E-state index in [2.05, 4.69) is 29.7 Å². The van der Waals surface area contributed by atoms with Crippen molar-refractivity contribution in [3.63, 3.8) is 0 Å². The summed E-state index contributed by atoms with van der Waals surface area (Å²) >= 11 is 0. The maximum absolute atomic E-state index is 13.6. The number of anilines is 1. The average Bonchev–Trinajstić information content (AvgIpc) is 3.03. The highest BCUT2D eigenvalue weighted by Gasteiger charge is 2.27. The number of carbonyl (C=O) groups is 2. The van der Waals surface area contributed by atoms with Crippen molar-refractivity contribution in [2.45, 2.75) is 38.1 Å². The highest BCUT2D eigenvalue weighted by atomic mass is 32.2. The molecule has 0 spiro atoms. The summed E-state index contributed by atoms with van der Waals surface area (Å²) in [7, 11) is -4.03. The van der Waals surface area contributed by atoms with Crippen LogP contribution in [0.4, 0.5) is 5.69 Å². The molecule has 0 bridgehead atoms. The predicted molar refractivity (Wildman–Crippen MR) is 172 cm³/mol. The smallest absolute Gasteiger partial charge is 0.264 e. The number of rotatable bonds is 13. The first-order valence-electron chi connectivity index (χ1n) is 14.2. The molecule has 2 N–H and O–H groups in total. The summed E-state index contributed by atoms with van der Waals surface area (Å²) < 4.78 is 33.8. The van der Waals surface area contributed by atoms with Crippen LogP contribution in [0.5, 0.6) is 5.75 Å². The Labute approximate surface area is 258 Å². The van der Waals surface area contributed by atoms with Crippen LogP contribution in [-0.4, -0.2) is 39.6 Å². The van der Waals surface area contributed by atoms with E-state index in [-0.39, 0.29) is 23.3 Å². The zero-order valence-electron chi connectivity index (χ0n) is 24.9. The van der Waals surface area contributed by atoms with E-state index < -0.39 is 22.5 Å². The van der Waals surface area contributed by atoms with Crippen molar-refractivity contribution in [2.24, 2.45) is 5.10 Å². The highest BCUT2D eigenvalue weighted by Crippen LogP contribution is 2.26. The van der Waals surface area contributed by atoms with Gasteiger partial charge in [-0.3, -0.25) is 13.9 Å². The van der Waals surface area contributed by atoms with Gasteiger partial charge in [-0.15, -0.1) is 0 Å². The number of hydrogen-bond acceptors (Lipinski definition) is 6. The van der Waals surface area contributed by atoms with E-state index in [1.54, 1.807) is 48.5 Å². The maximum atomic E-state index is 13.6. The first-order valence-corrected chi connectivity index (χ1v) is 15.6. The molecule has 0 aromatic heterocycles. The minimum absolute atomic E-state index is 0.0864. The highest BCUT2D eigenvalue weighted by molar-refractivity contribution is 7.92. The SMILES string of the molecule is Cc1ccc(S(=O)(=O)N(CC(=O)N/N=C\c2ccc(OCC(=O)NCc3ccccc3)cc2)c2ccc(C(C)C)cc2)cc1. The minimum Gasteiger partial charge on any atom is -0.484 e. The summed E-state index contributed by atoms with van der Waals surface area (Å²) in [5.41, 5.74) is 6.43. The van der Waals surface area contributed by atoms with Crippen LogP contribution in [0.25, 0.3) is 0 Å². The van der Waals surface area contributed by atoms with Crippen molar-refractivity contribution in [3.05, 3.63) is 125 Å². The van der Waals surface area contributed by atoms with Gasteiger partial charge in [-0.2, -0.15) is 5.10 Å². The molecule has 0 atom stereocenters. The number of amides is 2. The molecule has 0 aliphatic rings. The average molecular weight is 613 g/mol. The number of nitrogens with one attached hydrogen (secondary N) is 2. The molecule has 4 aromatic rings. The molecule has 0 radical (unpaired) electrons. The van der Waals surface area contributed by atoms with Crippen LogP contribution in [0.15, 0.2) is 113 Å². The second kappa shape index (κ2) is 15.0. The van der Waals surface area contributed by atoms with E-state index in [0.29, 0.717) is 23.5 Å². The Balaban J connectivity index is 1.35. The van der Waals surface area contributed by atoms with E-state index in [0.717, 1.165) is 21.0 Å². The minimum atomic E-state index is -4.03. The Morgan fingerprint density at radius 2 is 1.52 bits per heavy atom. The van der Waals surface area contributed by atoms with Gasteiger partial charge < -0.3 is 10.1 Å². The topological polar surface area (TPSA) is 117 Å². The fraction of sp³-hybridized carbons (Fsp3) is 0.206. The van der Waals surface area contributed by atoms with E-state index in [1.807, 2.05) is 49.4 Å². The van der Waals surface area contributed by atoms with Gasteiger partial charge in [-0.05, 0) is 78.1 Å². The van der Waals surface area contributed by atoms with Crippen LogP contribution >= 0.6 is 0 Å². The maximum Gasteiger partial charge on any atom is 0.264 e. The molecule has 0 saturated carbocycles. The predicted octanol–water partition coefficient (Wildman–Crippen LogP) is 5.16. The molecule has 0 aliphatic heterocycles. The Hall–Kier alpha value is -4.96. The third kappa shape index (κ3) is 9.02. The lowest BCUT2D eigenvalue weighted by molar-refractivity contribution is -0.123. The van der Waals surface area contributed by atoms with Gasteiger partial charge >= 0.3 is 0 Å². The largest absolute Gasteiger partial charge is 0.484 e. The molecule has 0 fully saturated rings. The number of hydrazone groups is 1. The molecule has 0 aliphatic carbocycles. The summed E-state index contributed by atoms with van der Waals surface area (Å²) in [5, 5.41) is 6.80. The Morgan fingerprint density at radius 1 is 0.864 bits per heavy atom. The zero-order chi connectivity index (χ0) is 31.5. The number of benzene rings is 4. The first-order chi connectivity index (χ1) is 21.1. The third-order valence-electron chi connectivity index (χ3n) is 6.73. The molecule has 44 heavy (non-hydrogen) atoms. The molecule has 0 saturated heterocycles. The van der Waals surface area contributed by atoms with Crippen molar-refractivity contribution < 1.29 is 22.7 Å². The second-order valence-electron chi connectivity index (χ2n) is 10.5. The van der Waals surface area contributed by atoms with Crippen LogP contribution in [-0.2, 0) is 26.2 Å². The lowest BCUT2D eigenvalue weighted by atomic mass is 10.0. The normalized spacial score (nSPS) is 11.4. The van der Waals surface area contributed by atoms with Gasteiger partial charge in [0.2, 0.25) is 0 Å². The molecule has 4 rings (SSSR count). The number of hydrogen-bond donors (Lipinski definition) is 2. The molecule has 2 amide bonds. The van der Waals surface area contributed by atoms with Crippen molar-refractivity contribution in [2.75, 3.05) is 17.5 Å². The van der Waals surface area contributed by atoms with Crippen molar-refractivity contribution in [1.29, 1.82) is 0 Å². The standard InChI is InChI=1S/C34H36N4O5S/c1-25(2)29-13-15-30(16-14-29)38(44(41,42)32-19-9-26(3)10-20-32)23-33(39)37-36-22-28-11-17-31(18-12-28)43-24-34(40)35-21-27-7-5-4-6-8-27/h4-20,22,25H,21,23-24H2,1-3H3,(H,35,40)(H,37,39)/b36-22-. The summed E-state index contributed by atoms with van der Waals surface area (Å²) in [6.45, 7) is 5.80. The molecule has 4 aromatic carbocycles. The molecule has 0 heterocycles. The molecule has 0 unspecified atom stereocenters. The van der Waals surface area contributed by atoms with Crippen molar-refractivity contribution >= 4 is 33.7 Å².